The number of halogens is 1. The summed E-state index contributed by atoms with van der Waals surface area (Å²) in [6, 6.07) is 6.46. The van der Waals surface area contributed by atoms with Crippen LogP contribution in [0.2, 0.25) is 0 Å². The van der Waals surface area contributed by atoms with Crippen LogP contribution in [0, 0.1) is 5.82 Å². The summed E-state index contributed by atoms with van der Waals surface area (Å²) < 4.78 is 19.2. The average molecular weight is 398 g/mol. The first-order valence-electron chi connectivity index (χ1n) is 10.6. The lowest BCUT2D eigenvalue weighted by molar-refractivity contribution is -0.134. The van der Waals surface area contributed by atoms with E-state index in [4.69, 9.17) is 4.74 Å². The summed E-state index contributed by atoms with van der Waals surface area (Å²) in [6.07, 6.45) is 8.87. The number of rotatable bonds is 3. The van der Waals surface area contributed by atoms with E-state index in [1.807, 2.05) is 4.90 Å². The highest BCUT2D eigenvalue weighted by atomic mass is 19.1. The van der Waals surface area contributed by atoms with E-state index in [1.54, 1.807) is 18.3 Å². The summed E-state index contributed by atoms with van der Waals surface area (Å²) in [7, 11) is 0. The minimum atomic E-state index is -0.260. The smallest absolute Gasteiger partial charge is 0.318 e. The molecule has 2 aliphatic heterocycles. The van der Waals surface area contributed by atoms with E-state index in [0.717, 1.165) is 68.8 Å². The zero-order chi connectivity index (χ0) is 19.8. The summed E-state index contributed by atoms with van der Waals surface area (Å²) in [4.78, 5) is 22.8. The summed E-state index contributed by atoms with van der Waals surface area (Å²) in [5, 5.41) is 3.25. The van der Waals surface area contributed by atoms with Crippen LogP contribution >= 0.6 is 0 Å². The third-order valence-electron chi connectivity index (χ3n) is 6.67. The number of aromatic amines is 1. The molecule has 6 nitrogen and oxygen atoms in total. The van der Waals surface area contributed by atoms with Gasteiger partial charge in [0, 0.05) is 19.2 Å². The van der Waals surface area contributed by atoms with Crippen molar-refractivity contribution < 1.29 is 13.9 Å². The van der Waals surface area contributed by atoms with Crippen molar-refractivity contribution in [2.75, 3.05) is 13.2 Å². The van der Waals surface area contributed by atoms with Gasteiger partial charge in [0.2, 0.25) is 0 Å². The van der Waals surface area contributed by atoms with Crippen LogP contribution in [-0.2, 0) is 4.74 Å². The molecule has 1 aromatic heterocycles. The molecule has 3 fully saturated rings. The number of nitrogens with one attached hydrogen (secondary N) is 2. The van der Waals surface area contributed by atoms with E-state index >= 15 is 0 Å². The quantitative estimate of drug-likeness (QED) is 0.815. The highest BCUT2D eigenvalue weighted by Gasteiger charge is 2.43. The van der Waals surface area contributed by atoms with Crippen LogP contribution in [0.1, 0.15) is 56.8 Å². The molecule has 2 atom stereocenters. The largest absolute Gasteiger partial charge is 0.375 e. The van der Waals surface area contributed by atoms with Crippen LogP contribution in [0.4, 0.5) is 9.18 Å². The lowest BCUT2D eigenvalue weighted by Crippen LogP contribution is -2.54. The second kappa shape index (κ2) is 7.44. The van der Waals surface area contributed by atoms with E-state index in [2.05, 4.69) is 15.3 Å². The molecular weight excluding hydrogens is 371 g/mol. The maximum Gasteiger partial charge on any atom is 0.318 e. The molecule has 5 rings (SSSR count). The molecule has 3 heterocycles. The molecule has 2 aromatic rings. The molecule has 1 saturated carbocycles. The first-order valence-corrected chi connectivity index (χ1v) is 10.6. The van der Waals surface area contributed by atoms with E-state index in [1.165, 1.54) is 18.6 Å². The third-order valence-corrected chi connectivity index (χ3v) is 6.67. The van der Waals surface area contributed by atoms with Crippen LogP contribution in [0.3, 0.4) is 0 Å². The van der Waals surface area contributed by atoms with Gasteiger partial charge in [-0.1, -0.05) is 0 Å². The van der Waals surface area contributed by atoms with Gasteiger partial charge in [-0.2, -0.15) is 0 Å². The Bertz CT molecular complexity index is 877. The first kappa shape index (κ1) is 18.6. The van der Waals surface area contributed by atoms with Crippen molar-refractivity contribution in [3.8, 4) is 11.3 Å². The van der Waals surface area contributed by atoms with Crippen LogP contribution in [0.5, 0.6) is 0 Å². The van der Waals surface area contributed by atoms with Gasteiger partial charge in [0.15, 0.2) is 0 Å². The monoisotopic (exact) mass is 398 g/mol. The van der Waals surface area contributed by atoms with Gasteiger partial charge in [-0.05, 0) is 74.8 Å². The number of aromatic nitrogens is 2. The van der Waals surface area contributed by atoms with E-state index in [-0.39, 0.29) is 29.5 Å². The van der Waals surface area contributed by atoms with Crippen molar-refractivity contribution >= 4 is 6.03 Å². The van der Waals surface area contributed by atoms with Gasteiger partial charge in [-0.3, -0.25) is 0 Å². The molecule has 1 aliphatic carbocycles. The Morgan fingerprint density at radius 2 is 2.07 bits per heavy atom. The third kappa shape index (κ3) is 3.64. The van der Waals surface area contributed by atoms with Crippen molar-refractivity contribution in [2.45, 2.75) is 62.6 Å². The predicted octanol–water partition coefficient (Wildman–Crippen LogP) is 4.16. The van der Waals surface area contributed by atoms with Gasteiger partial charge >= 0.3 is 6.03 Å². The molecule has 1 aromatic carbocycles. The fourth-order valence-corrected chi connectivity index (χ4v) is 4.90. The van der Waals surface area contributed by atoms with E-state index in [9.17, 15) is 9.18 Å². The topological polar surface area (TPSA) is 70.2 Å². The molecule has 2 unspecified atom stereocenters. The molecule has 3 aliphatic rings. The summed E-state index contributed by atoms with van der Waals surface area (Å²) >= 11 is 0. The molecule has 2 saturated heterocycles. The maximum atomic E-state index is 13.2. The van der Waals surface area contributed by atoms with Gasteiger partial charge in [-0.25, -0.2) is 14.2 Å². The van der Waals surface area contributed by atoms with E-state index in [0.29, 0.717) is 0 Å². The normalized spacial score (nSPS) is 25.8. The number of hydrogen-bond acceptors (Lipinski definition) is 3. The summed E-state index contributed by atoms with van der Waals surface area (Å²) in [6.45, 7) is 1.46. The Morgan fingerprint density at radius 3 is 2.83 bits per heavy atom. The molecule has 0 bridgehead atoms. The average Bonchev–Trinajstić information content (AvgIpc) is 3.37. The van der Waals surface area contributed by atoms with Crippen molar-refractivity contribution in [2.24, 2.45) is 0 Å². The number of imidazole rings is 1. The molecule has 2 amide bonds. The number of likely N-dealkylation sites (tertiary alicyclic amines) is 1. The molecule has 1 spiro atoms. The Balaban J connectivity index is 1.26. The highest BCUT2D eigenvalue weighted by Crippen LogP contribution is 2.42. The van der Waals surface area contributed by atoms with Crippen LogP contribution < -0.4 is 5.32 Å². The fraction of sp³-hybridized carbons (Fsp3) is 0.545. The molecule has 0 radical (unpaired) electrons. The number of urea groups is 1. The number of carbonyl (C=O) groups excluding carboxylic acids is 1. The van der Waals surface area contributed by atoms with Gasteiger partial charge < -0.3 is 19.9 Å². The second-order valence-electron chi connectivity index (χ2n) is 8.56. The SMILES string of the molecule is O=C(NC1CCOC2(CCC2)C1)N1CCCC1c1ncc(-c2ccc(F)cc2)[nH]1. The Kier molecular flexibility index (Phi) is 4.78. The van der Waals surface area contributed by atoms with Gasteiger partial charge in [-0.15, -0.1) is 0 Å². The zero-order valence-electron chi connectivity index (χ0n) is 16.5. The summed E-state index contributed by atoms with van der Waals surface area (Å²) in [5.74, 6) is 0.531. The highest BCUT2D eigenvalue weighted by molar-refractivity contribution is 5.75. The molecule has 2 N–H and O–H groups in total. The molecular formula is C22H27FN4O2. The predicted molar refractivity (Wildman–Crippen MR) is 107 cm³/mol. The van der Waals surface area contributed by atoms with Gasteiger partial charge in [0.05, 0.1) is 23.5 Å². The molecule has 154 valence electrons. The minimum Gasteiger partial charge on any atom is -0.375 e. The lowest BCUT2D eigenvalue weighted by Gasteiger charge is -2.47. The number of nitrogens with zero attached hydrogens (tertiary/aromatic N) is 2. The summed E-state index contributed by atoms with van der Waals surface area (Å²) in [5.41, 5.74) is 1.74. The van der Waals surface area contributed by atoms with Crippen LogP contribution in [-0.4, -0.2) is 45.7 Å². The number of hydrogen-bond donors (Lipinski definition) is 2. The van der Waals surface area contributed by atoms with Crippen LogP contribution in [0.15, 0.2) is 30.5 Å². The number of ether oxygens (including phenoxy) is 1. The maximum absolute atomic E-state index is 13.2. The molecule has 29 heavy (non-hydrogen) atoms. The number of benzene rings is 1. The minimum absolute atomic E-state index is 0.00592. The Labute approximate surface area is 169 Å². The first-order chi connectivity index (χ1) is 14.1. The van der Waals surface area contributed by atoms with Crippen LogP contribution in [0.25, 0.3) is 11.3 Å². The fourth-order valence-electron chi connectivity index (χ4n) is 4.90. The number of amides is 2. The Hall–Kier alpha value is -2.41. The van der Waals surface area contributed by atoms with E-state index < -0.39 is 0 Å². The Morgan fingerprint density at radius 1 is 1.24 bits per heavy atom. The van der Waals surface area contributed by atoms with Crippen molar-refractivity contribution in [3.05, 3.63) is 42.1 Å². The zero-order valence-corrected chi connectivity index (χ0v) is 16.5. The van der Waals surface area contributed by atoms with Gasteiger partial charge in [0.25, 0.3) is 0 Å². The van der Waals surface area contributed by atoms with Crippen molar-refractivity contribution in [3.63, 3.8) is 0 Å². The lowest BCUT2D eigenvalue weighted by atomic mass is 9.74. The number of H-pyrrole nitrogens is 1. The van der Waals surface area contributed by atoms with Crippen molar-refractivity contribution in [1.29, 1.82) is 0 Å². The second-order valence-corrected chi connectivity index (χ2v) is 8.56. The number of carbonyl (C=O) groups is 1. The standard InChI is InChI=1S/C22H27FN4O2/c23-16-6-4-15(5-7-16)18-14-24-20(26-18)19-3-1-11-27(19)21(28)25-17-8-12-29-22(13-17)9-2-10-22/h4-7,14,17,19H,1-3,8-13H2,(H,24,26)(H,25,28). The van der Waals surface area contributed by atoms with Crippen molar-refractivity contribution in [1.82, 2.24) is 20.2 Å². The van der Waals surface area contributed by atoms with Gasteiger partial charge in [0.1, 0.15) is 11.6 Å². The molecule has 7 heteroatoms.